The van der Waals surface area contributed by atoms with E-state index in [0.29, 0.717) is 0 Å². The van der Waals surface area contributed by atoms with Crippen molar-refractivity contribution in [1.29, 1.82) is 0 Å². The molecule has 0 bridgehead atoms. The molecule has 26 heavy (non-hydrogen) atoms. The summed E-state index contributed by atoms with van der Waals surface area (Å²) in [7, 11) is 0. The van der Waals surface area contributed by atoms with Gasteiger partial charge >= 0.3 is 0 Å². The van der Waals surface area contributed by atoms with E-state index in [-0.39, 0.29) is 0 Å². The summed E-state index contributed by atoms with van der Waals surface area (Å²) in [5.41, 5.74) is 6.19. The summed E-state index contributed by atoms with van der Waals surface area (Å²) in [5, 5.41) is 2.58. The first-order valence-electron chi connectivity index (χ1n) is 8.66. The molecule has 4 aromatic carbocycles. The van der Waals surface area contributed by atoms with Gasteiger partial charge in [0.2, 0.25) is 0 Å². The van der Waals surface area contributed by atoms with Gasteiger partial charge in [-0.05, 0) is 76.2 Å². The Kier molecular flexibility index (Phi) is 3.79. The van der Waals surface area contributed by atoms with E-state index in [0.717, 1.165) is 0 Å². The smallest absolute Gasteiger partial charge is 0.0541 e. The molecule has 0 atom stereocenters. The van der Waals surface area contributed by atoms with Gasteiger partial charge in [0.25, 0.3) is 0 Å². The molecule has 5 rings (SSSR count). The van der Waals surface area contributed by atoms with Gasteiger partial charge in [-0.1, -0.05) is 54.6 Å². The van der Waals surface area contributed by atoms with E-state index in [9.17, 15) is 0 Å². The van der Waals surface area contributed by atoms with Crippen molar-refractivity contribution in [2.45, 2.75) is 0 Å². The van der Waals surface area contributed by atoms with Crippen LogP contribution in [-0.4, -0.2) is 4.57 Å². The van der Waals surface area contributed by atoms with Gasteiger partial charge in [-0.25, -0.2) is 0 Å². The van der Waals surface area contributed by atoms with Crippen molar-refractivity contribution >= 4 is 44.4 Å². The topological polar surface area (TPSA) is 4.93 Å². The molecule has 2 heteroatoms. The van der Waals surface area contributed by atoms with E-state index < -0.39 is 0 Å². The molecule has 0 aliphatic rings. The van der Waals surface area contributed by atoms with Gasteiger partial charge in [-0.3, -0.25) is 0 Å². The normalized spacial score (nSPS) is 11.3. The highest BCUT2D eigenvalue weighted by Gasteiger charge is 2.12. The number of benzene rings is 4. The van der Waals surface area contributed by atoms with E-state index in [1.165, 1.54) is 42.2 Å². The Balaban J connectivity index is 1.83. The summed E-state index contributed by atoms with van der Waals surface area (Å²) in [6.45, 7) is 0. The predicted molar refractivity (Wildman–Crippen MR) is 119 cm³/mol. The van der Waals surface area contributed by atoms with E-state index in [2.05, 4.69) is 124 Å². The van der Waals surface area contributed by atoms with Crippen LogP contribution in [0.15, 0.2) is 97.1 Å². The van der Waals surface area contributed by atoms with Crippen LogP contribution in [0, 0.1) is 3.57 Å². The lowest BCUT2D eigenvalue weighted by molar-refractivity contribution is 1.18. The molecule has 0 saturated carbocycles. The lowest BCUT2D eigenvalue weighted by Gasteiger charge is -2.08. The molecule has 1 nitrogen and oxygen atoms in total. The van der Waals surface area contributed by atoms with Gasteiger partial charge < -0.3 is 4.57 Å². The third-order valence-electron chi connectivity index (χ3n) is 4.86. The summed E-state index contributed by atoms with van der Waals surface area (Å²) in [6, 6.07) is 34.7. The largest absolute Gasteiger partial charge is 0.309 e. The average molecular weight is 445 g/mol. The average Bonchev–Trinajstić information content (AvgIpc) is 3.03. The quantitative estimate of drug-likeness (QED) is 0.257. The predicted octanol–water partition coefficient (Wildman–Crippen LogP) is 7.06. The van der Waals surface area contributed by atoms with E-state index in [4.69, 9.17) is 0 Å². The lowest BCUT2D eigenvalue weighted by Crippen LogP contribution is -1.93. The van der Waals surface area contributed by atoms with Crippen LogP contribution in [0.3, 0.4) is 0 Å². The molecule has 0 amide bonds. The second-order valence-electron chi connectivity index (χ2n) is 6.43. The third-order valence-corrected chi connectivity index (χ3v) is 5.58. The molecular weight excluding hydrogens is 429 g/mol. The van der Waals surface area contributed by atoms with Crippen molar-refractivity contribution < 1.29 is 0 Å². The van der Waals surface area contributed by atoms with Gasteiger partial charge in [0.1, 0.15) is 0 Å². The molecule has 5 aromatic rings. The Morgan fingerprint density at radius 1 is 0.538 bits per heavy atom. The number of fused-ring (bicyclic) bond motifs is 3. The zero-order valence-corrected chi connectivity index (χ0v) is 16.2. The zero-order chi connectivity index (χ0) is 17.5. The van der Waals surface area contributed by atoms with E-state index >= 15 is 0 Å². The number of rotatable bonds is 2. The van der Waals surface area contributed by atoms with E-state index in [1.54, 1.807) is 0 Å². The minimum Gasteiger partial charge on any atom is -0.309 e. The summed E-state index contributed by atoms with van der Waals surface area (Å²) < 4.78 is 3.61. The number of aromatic nitrogens is 1. The van der Waals surface area contributed by atoms with Gasteiger partial charge in [0.15, 0.2) is 0 Å². The van der Waals surface area contributed by atoms with Crippen LogP contribution in [0.25, 0.3) is 38.6 Å². The first-order chi connectivity index (χ1) is 12.8. The SMILES string of the molecule is Ic1ccc(-n2c3ccccc3c3cc(-c4ccccc4)ccc32)cc1. The van der Waals surface area contributed by atoms with Crippen molar-refractivity contribution in [2.75, 3.05) is 0 Å². The molecule has 0 saturated heterocycles. The highest BCUT2D eigenvalue weighted by molar-refractivity contribution is 14.1. The molecule has 0 unspecified atom stereocenters. The molecule has 0 spiro atoms. The van der Waals surface area contributed by atoms with Crippen LogP contribution >= 0.6 is 22.6 Å². The zero-order valence-electron chi connectivity index (χ0n) is 14.1. The Labute approximate surface area is 166 Å². The van der Waals surface area contributed by atoms with Crippen molar-refractivity contribution in [2.24, 2.45) is 0 Å². The van der Waals surface area contributed by atoms with Crippen molar-refractivity contribution in [3.63, 3.8) is 0 Å². The molecule has 0 fully saturated rings. The number of para-hydroxylation sites is 1. The first-order valence-corrected chi connectivity index (χ1v) is 9.74. The minimum absolute atomic E-state index is 1.20. The monoisotopic (exact) mass is 445 g/mol. The Morgan fingerprint density at radius 2 is 1.23 bits per heavy atom. The Hall–Kier alpha value is -2.59. The highest BCUT2D eigenvalue weighted by Crippen LogP contribution is 2.34. The van der Waals surface area contributed by atoms with Crippen LogP contribution in [0.1, 0.15) is 0 Å². The summed E-state index contributed by atoms with van der Waals surface area (Å²) in [5.74, 6) is 0. The van der Waals surface area contributed by atoms with Gasteiger partial charge in [0, 0.05) is 20.0 Å². The molecule has 124 valence electrons. The van der Waals surface area contributed by atoms with Crippen LogP contribution in [0.2, 0.25) is 0 Å². The Morgan fingerprint density at radius 3 is 2.04 bits per heavy atom. The summed E-state index contributed by atoms with van der Waals surface area (Å²) in [6.07, 6.45) is 0. The van der Waals surface area contributed by atoms with Crippen LogP contribution in [0.5, 0.6) is 0 Å². The number of hydrogen-bond acceptors (Lipinski definition) is 0. The third kappa shape index (κ3) is 2.53. The standard InChI is InChI=1S/C24H16IN/c25-19-11-13-20(14-12-19)26-23-9-5-4-8-21(23)22-16-18(10-15-24(22)26)17-6-2-1-3-7-17/h1-16H. The van der Waals surface area contributed by atoms with Crippen molar-refractivity contribution in [3.8, 4) is 16.8 Å². The van der Waals surface area contributed by atoms with Crippen molar-refractivity contribution in [1.82, 2.24) is 4.57 Å². The van der Waals surface area contributed by atoms with Crippen LogP contribution in [0.4, 0.5) is 0 Å². The number of nitrogens with zero attached hydrogens (tertiary/aromatic N) is 1. The molecule has 0 N–H and O–H groups in total. The van der Waals surface area contributed by atoms with Gasteiger partial charge in [-0.2, -0.15) is 0 Å². The number of hydrogen-bond donors (Lipinski definition) is 0. The highest BCUT2D eigenvalue weighted by atomic mass is 127. The second kappa shape index (κ2) is 6.29. The van der Waals surface area contributed by atoms with Gasteiger partial charge in [-0.15, -0.1) is 0 Å². The summed E-state index contributed by atoms with van der Waals surface area (Å²) in [4.78, 5) is 0. The van der Waals surface area contributed by atoms with Crippen LogP contribution in [-0.2, 0) is 0 Å². The lowest BCUT2D eigenvalue weighted by atomic mass is 10.0. The molecular formula is C24H16IN. The van der Waals surface area contributed by atoms with E-state index in [1.807, 2.05) is 0 Å². The maximum Gasteiger partial charge on any atom is 0.0541 e. The van der Waals surface area contributed by atoms with Crippen LogP contribution < -0.4 is 0 Å². The fourth-order valence-corrected chi connectivity index (χ4v) is 4.01. The molecule has 1 heterocycles. The van der Waals surface area contributed by atoms with Crippen molar-refractivity contribution in [3.05, 3.63) is 101 Å². The number of halogens is 1. The molecule has 0 radical (unpaired) electrons. The molecule has 0 aliphatic carbocycles. The first kappa shape index (κ1) is 15.6. The maximum atomic E-state index is 2.36. The second-order valence-corrected chi connectivity index (χ2v) is 7.67. The fourth-order valence-electron chi connectivity index (χ4n) is 3.65. The van der Waals surface area contributed by atoms with Gasteiger partial charge in [0.05, 0.1) is 11.0 Å². The molecule has 1 aromatic heterocycles. The fraction of sp³-hybridized carbons (Fsp3) is 0. The maximum absolute atomic E-state index is 2.36. The molecule has 0 aliphatic heterocycles. The summed E-state index contributed by atoms with van der Waals surface area (Å²) >= 11 is 2.35. The minimum atomic E-state index is 1.20. The Bertz CT molecular complexity index is 1220.